The summed E-state index contributed by atoms with van der Waals surface area (Å²) in [5, 5.41) is 2.77. The quantitative estimate of drug-likeness (QED) is 0.747. The molecule has 0 aliphatic carbocycles. The first kappa shape index (κ1) is 14.0. The van der Waals surface area contributed by atoms with Crippen LogP contribution in [0.5, 0.6) is 5.88 Å². The second-order valence-corrected chi connectivity index (χ2v) is 4.56. The lowest BCUT2D eigenvalue weighted by Crippen LogP contribution is -2.24. The Morgan fingerprint density at radius 2 is 2.18 bits per heavy atom. The van der Waals surface area contributed by atoms with Crippen LogP contribution in [0.15, 0.2) is 36.7 Å². The smallest absolute Gasteiger partial charge is 0.270 e. The molecule has 112 valence electrons. The van der Waals surface area contributed by atoms with Gasteiger partial charge in [-0.05, 0) is 19.1 Å². The molecule has 0 radical (unpaired) electrons. The third-order valence-corrected chi connectivity index (χ3v) is 3.02. The number of para-hydroxylation sites is 2. The number of imidazole rings is 1. The van der Waals surface area contributed by atoms with Crippen LogP contribution in [0, 0.1) is 0 Å². The molecule has 2 aromatic heterocycles. The molecule has 0 bridgehead atoms. The number of rotatable bonds is 5. The summed E-state index contributed by atoms with van der Waals surface area (Å²) in [6, 6.07) is 9.21. The second kappa shape index (κ2) is 6.21. The number of nitrogens with one attached hydrogen (secondary N) is 2. The lowest BCUT2D eigenvalue weighted by Gasteiger charge is -2.04. The number of fused-ring (bicyclic) bond motifs is 1. The molecule has 0 saturated heterocycles. The number of nitrogens with zero attached hydrogens (tertiary/aromatic N) is 3. The molecular formula is C15H15N5O2. The Balaban J connectivity index is 1.67. The number of carbonyl (C=O) groups excluding carboxylic acids is 1. The van der Waals surface area contributed by atoms with Gasteiger partial charge in [-0.15, -0.1) is 0 Å². The molecule has 0 aliphatic heterocycles. The van der Waals surface area contributed by atoms with Crippen molar-refractivity contribution in [3.05, 3.63) is 48.2 Å². The number of ether oxygens (including phenoxy) is 1. The van der Waals surface area contributed by atoms with Crippen LogP contribution in [0.2, 0.25) is 0 Å². The van der Waals surface area contributed by atoms with Crippen LogP contribution in [0.25, 0.3) is 11.0 Å². The van der Waals surface area contributed by atoms with Gasteiger partial charge in [0.25, 0.3) is 5.91 Å². The van der Waals surface area contributed by atoms with Crippen LogP contribution < -0.4 is 10.1 Å². The van der Waals surface area contributed by atoms with Gasteiger partial charge in [-0.2, -0.15) is 0 Å². The van der Waals surface area contributed by atoms with E-state index in [2.05, 4.69) is 25.3 Å². The number of amides is 1. The monoisotopic (exact) mass is 297 g/mol. The molecule has 0 unspecified atom stereocenters. The maximum absolute atomic E-state index is 12.1. The molecule has 2 heterocycles. The van der Waals surface area contributed by atoms with Crippen LogP contribution in [-0.2, 0) is 6.54 Å². The first-order chi connectivity index (χ1) is 10.8. The fourth-order valence-electron chi connectivity index (χ4n) is 2.03. The first-order valence-electron chi connectivity index (χ1n) is 6.93. The molecule has 7 heteroatoms. The van der Waals surface area contributed by atoms with Gasteiger partial charge < -0.3 is 15.0 Å². The number of H-pyrrole nitrogens is 1. The van der Waals surface area contributed by atoms with Crippen molar-refractivity contribution in [2.24, 2.45) is 0 Å². The van der Waals surface area contributed by atoms with Crippen molar-refractivity contribution in [3.8, 4) is 5.88 Å². The topological polar surface area (TPSA) is 92.8 Å². The van der Waals surface area contributed by atoms with Crippen LogP contribution >= 0.6 is 0 Å². The van der Waals surface area contributed by atoms with Gasteiger partial charge in [0.1, 0.15) is 17.8 Å². The predicted octanol–water partition coefficient (Wildman–Crippen LogP) is 1.68. The number of hydrogen-bond acceptors (Lipinski definition) is 5. The third kappa shape index (κ3) is 3.03. The summed E-state index contributed by atoms with van der Waals surface area (Å²) in [6.45, 7) is 2.63. The SMILES string of the molecule is CCOc1cc(C(=O)NCc2nc3ccccc3[nH]2)ncn1. The number of benzene rings is 1. The summed E-state index contributed by atoms with van der Waals surface area (Å²) < 4.78 is 5.25. The maximum atomic E-state index is 12.1. The lowest BCUT2D eigenvalue weighted by molar-refractivity contribution is 0.0944. The molecule has 0 aliphatic rings. The molecular weight excluding hydrogens is 282 g/mol. The zero-order valence-corrected chi connectivity index (χ0v) is 12.0. The van der Waals surface area contributed by atoms with E-state index >= 15 is 0 Å². The first-order valence-corrected chi connectivity index (χ1v) is 6.93. The van der Waals surface area contributed by atoms with Gasteiger partial charge in [-0.25, -0.2) is 15.0 Å². The van der Waals surface area contributed by atoms with Crippen LogP contribution in [0.4, 0.5) is 0 Å². The summed E-state index contributed by atoms with van der Waals surface area (Å²) >= 11 is 0. The molecule has 3 aromatic rings. The van der Waals surface area contributed by atoms with Crippen LogP contribution in [0.3, 0.4) is 0 Å². The van der Waals surface area contributed by atoms with Crippen molar-refractivity contribution >= 4 is 16.9 Å². The molecule has 3 rings (SSSR count). The van der Waals surface area contributed by atoms with E-state index in [1.165, 1.54) is 12.4 Å². The summed E-state index contributed by atoms with van der Waals surface area (Å²) in [5.74, 6) is 0.767. The van der Waals surface area contributed by atoms with Gasteiger partial charge in [0.15, 0.2) is 0 Å². The van der Waals surface area contributed by atoms with E-state index in [1.54, 1.807) is 0 Å². The number of hydrogen-bond donors (Lipinski definition) is 2. The van der Waals surface area contributed by atoms with E-state index in [0.717, 1.165) is 11.0 Å². The minimum atomic E-state index is -0.302. The highest BCUT2D eigenvalue weighted by Crippen LogP contribution is 2.10. The van der Waals surface area contributed by atoms with Gasteiger partial charge in [-0.3, -0.25) is 4.79 Å². The molecule has 22 heavy (non-hydrogen) atoms. The van der Waals surface area contributed by atoms with E-state index in [1.807, 2.05) is 31.2 Å². The summed E-state index contributed by atoms with van der Waals surface area (Å²) in [7, 11) is 0. The highest BCUT2D eigenvalue weighted by molar-refractivity contribution is 5.92. The van der Waals surface area contributed by atoms with Crippen LogP contribution in [0.1, 0.15) is 23.2 Å². The molecule has 0 spiro atoms. The zero-order valence-electron chi connectivity index (χ0n) is 12.0. The zero-order chi connectivity index (χ0) is 15.4. The molecule has 7 nitrogen and oxygen atoms in total. The van der Waals surface area contributed by atoms with Crippen molar-refractivity contribution in [2.45, 2.75) is 13.5 Å². The molecule has 1 amide bonds. The Hall–Kier alpha value is -2.96. The highest BCUT2D eigenvalue weighted by Gasteiger charge is 2.10. The predicted molar refractivity (Wildman–Crippen MR) is 80.5 cm³/mol. The Morgan fingerprint density at radius 3 is 3.00 bits per heavy atom. The minimum Gasteiger partial charge on any atom is -0.478 e. The van der Waals surface area contributed by atoms with Crippen molar-refractivity contribution in [1.82, 2.24) is 25.3 Å². The lowest BCUT2D eigenvalue weighted by atomic mass is 10.3. The fraction of sp³-hybridized carbons (Fsp3) is 0.200. The van der Waals surface area contributed by atoms with Gasteiger partial charge in [0.05, 0.1) is 24.2 Å². The molecule has 0 atom stereocenters. The van der Waals surface area contributed by atoms with Crippen molar-refractivity contribution in [1.29, 1.82) is 0 Å². The van der Waals surface area contributed by atoms with Gasteiger partial charge in [0.2, 0.25) is 5.88 Å². The molecule has 1 aromatic carbocycles. The number of carbonyl (C=O) groups is 1. The summed E-state index contributed by atoms with van der Waals surface area (Å²) in [6.07, 6.45) is 1.31. The Labute approximate surface area is 126 Å². The van der Waals surface area contributed by atoms with E-state index in [9.17, 15) is 4.79 Å². The van der Waals surface area contributed by atoms with Crippen molar-refractivity contribution in [2.75, 3.05) is 6.61 Å². The highest BCUT2D eigenvalue weighted by atomic mass is 16.5. The Kier molecular flexibility index (Phi) is 3.95. The maximum Gasteiger partial charge on any atom is 0.270 e. The van der Waals surface area contributed by atoms with Gasteiger partial charge in [-0.1, -0.05) is 12.1 Å². The second-order valence-electron chi connectivity index (χ2n) is 4.56. The molecule has 0 saturated carbocycles. The normalized spacial score (nSPS) is 10.6. The van der Waals surface area contributed by atoms with E-state index < -0.39 is 0 Å². The number of aromatic nitrogens is 4. The summed E-state index contributed by atoms with van der Waals surface area (Å²) in [4.78, 5) is 27.5. The van der Waals surface area contributed by atoms with Crippen LogP contribution in [-0.4, -0.2) is 32.4 Å². The van der Waals surface area contributed by atoms with Gasteiger partial charge >= 0.3 is 0 Å². The average molecular weight is 297 g/mol. The Morgan fingerprint density at radius 1 is 1.32 bits per heavy atom. The molecule has 0 fully saturated rings. The minimum absolute atomic E-state index is 0.259. The Bertz CT molecular complexity index is 766. The third-order valence-electron chi connectivity index (χ3n) is 3.02. The van der Waals surface area contributed by atoms with E-state index in [4.69, 9.17) is 4.74 Å². The van der Waals surface area contributed by atoms with Crippen molar-refractivity contribution in [3.63, 3.8) is 0 Å². The van der Waals surface area contributed by atoms with Gasteiger partial charge in [0, 0.05) is 6.07 Å². The van der Waals surface area contributed by atoms with Crippen molar-refractivity contribution < 1.29 is 9.53 Å². The standard InChI is InChI=1S/C15H15N5O2/c1-2-22-14-7-12(17-9-18-14)15(21)16-8-13-19-10-5-3-4-6-11(10)20-13/h3-7,9H,2,8H2,1H3,(H,16,21)(H,19,20). The average Bonchev–Trinajstić information content (AvgIpc) is 2.96. The molecule has 2 N–H and O–H groups in total. The summed E-state index contributed by atoms with van der Waals surface area (Å²) in [5.41, 5.74) is 2.06. The van der Waals surface area contributed by atoms with E-state index in [0.29, 0.717) is 24.9 Å². The van der Waals surface area contributed by atoms with E-state index in [-0.39, 0.29) is 11.6 Å². The fourth-order valence-corrected chi connectivity index (χ4v) is 2.03. The largest absolute Gasteiger partial charge is 0.478 e. The number of aromatic amines is 1.